The number of benzene rings is 2. The fourth-order valence-electron chi connectivity index (χ4n) is 5.36. The number of aliphatic hydroxyl groups is 1. The molecule has 10 nitrogen and oxygen atoms in total. The first-order valence-electron chi connectivity index (χ1n) is 15.9. The molecule has 1 aliphatic rings. The summed E-state index contributed by atoms with van der Waals surface area (Å²) in [5.41, 5.74) is 2.01. The van der Waals surface area contributed by atoms with Gasteiger partial charge in [-0.15, -0.1) is 0 Å². The molecule has 0 saturated carbocycles. The third kappa shape index (κ3) is 12.6. The number of rotatable bonds is 19. The summed E-state index contributed by atoms with van der Waals surface area (Å²) in [7, 11) is 1.62. The van der Waals surface area contributed by atoms with Crippen LogP contribution in [0.5, 0.6) is 5.75 Å². The molecule has 0 radical (unpaired) electrons. The van der Waals surface area contributed by atoms with Crippen LogP contribution in [-0.4, -0.2) is 85.9 Å². The fourth-order valence-corrected chi connectivity index (χ4v) is 5.36. The van der Waals surface area contributed by atoms with Crippen LogP contribution in [0.3, 0.4) is 0 Å². The largest absolute Gasteiger partial charge is 0.497 e. The van der Waals surface area contributed by atoms with E-state index in [1.165, 1.54) is 0 Å². The first kappa shape index (κ1) is 35.0. The Labute approximate surface area is 261 Å². The molecule has 242 valence electrons. The maximum Gasteiger partial charge on any atom is 0.305 e. The molecule has 2 aromatic carbocycles. The van der Waals surface area contributed by atoms with E-state index in [2.05, 4.69) is 16.0 Å². The van der Waals surface area contributed by atoms with E-state index in [9.17, 15) is 19.5 Å². The van der Waals surface area contributed by atoms with Gasteiger partial charge >= 0.3 is 5.97 Å². The Kier molecular flexibility index (Phi) is 15.7. The van der Waals surface area contributed by atoms with Gasteiger partial charge in [-0.3, -0.25) is 14.4 Å². The average molecular weight is 611 g/mol. The van der Waals surface area contributed by atoms with Gasteiger partial charge in [0.25, 0.3) is 0 Å². The number of piperidine rings is 1. The van der Waals surface area contributed by atoms with Gasteiger partial charge in [-0.05, 0) is 75.3 Å². The van der Waals surface area contributed by atoms with Crippen molar-refractivity contribution in [2.24, 2.45) is 0 Å². The van der Waals surface area contributed by atoms with Crippen molar-refractivity contribution in [3.63, 3.8) is 0 Å². The number of amides is 2. The summed E-state index contributed by atoms with van der Waals surface area (Å²) in [5.74, 6) is 0.264. The number of hydrogen-bond donors (Lipinski definition) is 4. The van der Waals surface area contributed by atoms with Crippen LogP contribution in [0.25, 0.3) is 0 Å². The Morgan fingerprint density at radius 1 is 0.977 bits per heavy atom. The average Bonchev–Trinajstić information content (AvgIpc) is 3.05. The number of methoxy groups -OCH3 is 1. The maximum absolute atomic E-state index is 13.7. The van der Waals surface area contributed by atoms with E-state index in [0.29, 0.717) is 39.0 Å². The second-order valence-electron chi connectivity index (χ2n) is 11.2. The van der Waals surface area contributed by atoms with Crippen LogP contribution in [0.15, 0.2) is 54.6 Å². The monoisotopic (exact) mass is 610 g/mol. The number of carbonyl (C=O) groups is 3. The Morgan fingerprint density at radius 2 is 1.73 bits per heavy atom. The zero-order chi connectivity index (χ0) is 31.6. The minimum Gasteiger partial charge on any atom is -0.497 e. The van der Waals surface area contributed by atoms with Crippen LogP contribution in [0.2, 0.25) is 0 Å². The highest BCUT2D eigenvalue weighted by atomic mass is 16.5. The zero-order valence-electron chi connectivity index (χ0n) is 26.3. The number of likely N-dealkylation sites (tertiary alicyclic amines) is 1. The second kappa shape index (κ2) is 19.7. The van der Waals surface area contributed by atoms with E-state index in [0.717, 1.165) is 49.2 Å². The van der Waals surface area contributed by atoms with Crippen LogP contribution in [-0.2, 0) is 32.1 Å². The van der Waals surface area contributed by atoms with Crippen molar-refractivity contribution >= 4 is 17.8 Å². The summed E-state index contributed by atoms with van der Waals surface area (Å²) in [6, 6.07) is 16.2. The third-order valence-corrected chi connectivity index (χ3v) is 7.83. The second-order valence-corrected chi connectivity index (χ2v) is 11.2. The predicted octanol–water partition coefficient (Wildman–Crippen LogP) is 2.97. The molecule has 0 unspecified atom stereocenters. The first-order chi connectivity index (χ1) is 21.4. The highest BCUT2D eigenvalue weighted by Gasteiger charge is 2.27. The molecule has 0 bridgehead atoms. The molecule has 10 heteroatoms. The molecule has 1 saturated heterocycles. The van der Waals surface area contributed by atoms with Crippen LogP contribution in [0.4, 0.5) is 0 Å². The number of ether oxygens (including phenoxy) is 2. The Morgan fingerprint density at radius 3 is 2.45 bits per heavy atom. The van der Waals surface area contributed by atoms with Crippen molar-refractivity contribution in [3.8, 4) is 5.75 Å². The van der Waals surface area contributed by atoms with Gasteiger partial charge < -0.3 is 35.4 Å². The van der Waals surface area contributed by atoms with Crippen LogP contribution in [0, 0.1) is 0 Å². The minimum atomic E-state index is -0.871. The molecular weight excluding hydrogens is 560 g/mol. The summed E-state index contributed by atoms with van der Waals surface area (Å²) in [6.07, 6.45) is 4.04. The van der Waals surface area contributed by atoms with Gasteiger partial charge in [0, 0.05) is 39.0 Å². The smallest absolute Gasteiger partial charge is 0.305 e. The van der Waals surface area contributed by atoms with Crippen molar-refractivity contribution in [1.29, 1.82) is 0 Å². The van der Waals surface area contributed by atoms with Crippen molar-refractivity contribution < 1.29 is 29.0 Å². The van der Waals surface area contributed by atoms with Gasteiger partial charge in [0.05, 0.1) is 31.9 Å². The topological polar surface area (TPSA) is 129 Å². The van der Waals surface area contributed by atoms with Crippen molar-refractivity contribution in [2.75, 3.05) is 39.9 Å². The fraction of sp³-hybridized carbons (Fsp3) is 0.559. The number of esters is 1. The lowest BCUT2D eigenvalue weighted by Crippen LogP contribution is -2.54. The number of nitrogens with one attached hydrogen (secondary N) is 3. The Balaban J connectivity index is 1.64. The summed E-state index contributed by atoms with van der Waals surface area (Å²) in [6.45, 7) is 4.83. The highest BCUT2D eigenvalue weighted by Crippen LogP contribution is 2.14. The molecular formula is C34H50N4O6. The standard InChI is InChI=1S/C34H50N4O6/c1-3-44-33(41)16-11-19-36-29(17-18-32(40)38-20-8-5-9-21-38)34(42)37-30(23-26-12-6-4-7-13-26)31(39)25-35-24-27-14-10-15-28(22-27)43-2/h4,6-7,10,12-15,22,29-31,35-36,39H,3,5,8-9,11,16-21,23-25H2,1-2H3,(H,37,42)/t29-,30+,31-/m1/s1. The molecule has 0 aromatic heterocycles. The SMILES string of the molecule is CCOC(=O)CCCN[C@H](CCC(=O)N1CCCCC1)C(=O)N[C@@H](Cc1ccccc1)[C@H](O)CNCc1cccc(OC)c1. The van der Waals surface area contributed by atoms with Gasteiger partial charge in [0.15, 0.2) is 0 Å². The third-order valence-electron chi connectivity index (χ3n) is 7.83. The molecule has 3 atom stereocenters. The van der Waals surface area contributed by atoms with E-state index in [1.54, 1.807) is 14.0 Å². The molecule has 1 heterocycles. The van der Waals surface area contributed by atoms with Crippen LogP contribution < -0.4 is 20.7 Å². The minimum absolute atomic E-state index is 0.0541. The first-order valence-corrected chi connectivity index (χ1v) is 15.9. The Hall–Kier alpha value is -3.47. The summed E-state index contributed by atoms with van der Waals surface area (Å²) in [5, 5.41) is 20.9. The molecule has 2 aromatic rings. The number of aliphatic hydroxyl groups excluding tert-OH is 1. The molecule has 1 aliphatic heterocycles. The van der Waals surface area contributed by atoms with Gasteiger partial charge in [0.2, 0.25) is 11.8 Å². The quantitative estimate of drug-likeness (QED) is 0.141. The Bertz CT molecular complexity index is 1140. The number of hydrogen-bond acceptors (Lipinski definition) is 8. The summed E-state index contributed by atoms with van der Waals surface area (Å²) < 4.78 is 10.3. The normalized spacial score (nSPS) is 15.2. The lowest BCUT2D eigenvalue weighted by atomic mass is 9.99. The van der Waals surface area contributed by atoms with E-state index >= 15 is 0 Å². The molecule has 0 aliphatic carbocycles. The van der Waals surface area contributed by atoms with Gasteiger partial charge in [-0.2, -0.15) is 0 Å². The maximum atomic E-state index is 13.7. The lowest BCUT2D eigenvalue weighted by Gasteiger charge is -2.29. The van der Waals surface area contributed by atoms with E-state index in [4.69, 9.17) is 9.47 Å². The zero-order valence-corrected chi connectivity index (χ0v) is 26.3. The molecule has 0 spiro atoms. The highest BCUT2D eigenvalue weighted by molar-refractivity contribution is 5.83. The number of carbonyl (C=O) groups excluding carboxylic acids is 3. The van der Waals surface area contributed by atoms with E-state index in [1.807, 2.05) is 59.5 Å². The van der Waals surface area contributed by atoms with Gasteiger partial charge in [-0.25, -0.2) is 0 Å². The molecule has 2 amide bonds. The molecule has 1 fully saturated rings. The molecule has 44 heavy (non-hydrogen) atoms. The summed E-state index contributed by atoms with van der Waals surface area (Å²) in [4.78, 5) is 40.3. The van der Waals surface area contributed by atoms with Crippen LogP contribution in [0.1, 0.15) is 63.0 Å². The summed E-state index contributed by atoms with van der Waals surface area (Å²) >= 11 is 0. The van der Waals surface area contributed by atoms with E-state index in [-0.39, 0.29) is 37.2 Å². The van der Waals surface area contributed by atoms with Crippen molar-refractivity contribution in [1.82, 2.24) is 20.9 Å². The lowest BCUT2D eigenvalue weighted by molar-refractivity contribution is -0.143. The molecule has 4 N–H and O–H groups in total. The van der Waals surface area contributed by atoms with E-state index < -0.39 is 18.2 Å². The van der Waals surface area contributed by atoms with Crippen LogP contribution >= 0.6 is 0 Å². The van der Waals surface area contributed by atoms with Gasteiger partial charge in [-0.1, -0.05) is 42.5 Å². The van der Waals surface area contributed by atoms with Gasteiger partial charge in [0.1, 0.15) is 5.75 Å². The van der Waals surface area contributed by atoms with Crippen molar-refractivity contribution in [3.05, 3.63) is 65.7 Å². The van der Waals surface area contributed by atoms with Crippen molar-refractivity contribution in [2.45, 2.75) is 83.0 Å². The number of nitrogens with zero attached hydrogens (tertiary/aromatic N) is 1. The predicted molar refractivity (Wildman–Crippen MR) is 170 cm³/mol. The molecule has 3 rings (SSSR count).